The smallest absolute Gasteiger partial charge is 0.410 e. The Kier molecular flexibility index (Phi) is 5.35. The van der Waals surface area contributed by atoms with Gasteiger partial charge in [-0.25, -0.2) is 9.59 Å². The minimum absolute atomic E-state index is 0.0868. The summed E-state index contributed by atoms with van der Waals surface area (Å²) < 4.78 is 16.2. The van der Waals surface area contributed by atoms with Crippen LogP contribution in [0.1, 0.15) is 31.1 Å². The maximum Gasteiger partial charge on any atom is 0.410 e. The number of carbonyl (C=O) groups is 3. The van der Waals surface area contributed by atoms with Crippen molar-refractivity contribution in [2.75, 3.05) is 32.8 Å². The number of carboxylic acid groups (broad SMARTS) is 1. The number of carboxylic acids is 1. The Balaban J connectivity index is 1.75. The number of carbonyl (C=O) groups excluding carboxylic acids is 2. The molecule has 9 nitrogen and oxygen atoms in total. The number of hydrogen-bond acceptors (Lipinski definition) is 6. The van der Waals surface area contributed by atoms with Crippen LogP contribution in [0.5, 0.6) is 11.5 Å². The van der Waals surface area contributed by atoms with Crippen LogP contribution in [-0.2, 0) is 9.53 Å². The molecular formula is C19H24N2O7. The maximum atomic E-state index is 12.9. The Morgan fingerprint density at radius 1 is 1.11 bits per heavy atom. The number of hydrogen-bond donors (Lipinski definition) is 1. The van der Waals surface area contributed by atoms with Crippen molar-refractivity contribution in [3.63, 3.8) is 0 Å². The Morgan fingerprint density at radius 3 is 2.43 bits per heavy atom. The molecule has 0 bridgehead atoms. The third-order valence-corrected chi connectivity index (χ3v) is 4.37. The van der Waals surface area contributed by atoms with Crippen molar-refractivity contribution in [1.29, 1.82) is 0 Å². The first-order valence-corrected chi connectivity index (χ1v) is 9.07. The van der Waals surface area contributed by atoms with Crippen LogP contribution in [0, 0.1) is 0 Å². The number of nitrogens with zero attached hydrogens (tertiary/aromatic N) is 2. The van der Waals surface area contributed by atoms with E-state index in [1.165, 1.54) is 9.80 Å². The first kappa shape index (κ1) is 19.8. The van der Waals surface area contributed by atoms with Crippen molar-refractivity contribution in [3.8, 4) is 11.5 Å². The highest BCUT2D eigenvalue weighted by Crippen LogP contribution is 2.31. The minimum atomic E-state index is -1.18. The van der Waals surface area contributed by atoms with Crippen LogP contribution in [0.3, 0.4) is 0 Å². The van der Waals surface area contributed by atoms with Crippen molar-refractivity contribution < 1.29 is 33.7 Å². The van der Waals surface area contributed by atoms with E-state index < -0.39 is 29.6 Å². The van der Waals surface area contributed by atoms with Crippen LogP contribution in [-0.4, -0.2) is 77.4 Å². The van der Waals surface area contributed by atoms with E-state index in [2.05, 4.69) is 0 Å². The van der Waals surface area contributed by atoms with Crippen LogP contribution >= 0.6 is 0 Å². The summed E-state index contributed by atoms with van der Waals surface area (Å²) in [6.45, 7) is 6.17. The largest absolute Gasteiger partial charge is 0.486 e. The highest BCUT2D eigenvalue weighted by molar-refractivity contribution is 5.97. The van der Waals surface area contributed by atoms with Gasteiger partial charge in [-0.3, -0.25) is 4.79 Å². The van der Waals surface area contributed by atoms with Crippen molar-refractivity contribution >= 4 is 18.0 Å². The predicted molar refractivity (Wildman–Crippen MR) is 97.7 cm³/mol. The molecule has 0 aliphatic carbocycles. The Labute approximate surface area is 162 Å². The zero-order valence-corrected chi connectivity index (χ0v) is 16.1. The number of aliphatic carboxylic acids is 1. The normalized spacial score (nSPS) is 19.2. The SMILES string of the molecule is CC(C)(C)OC(=O)N1CCN(C(=O)c2ccc3c(c2)OCCO3)[C@H](C(=O)O)C1. The van der Waals surface area contributed by atoms with E-state index in [1.54, 1.807) is 39.0 Å². The van der Waals surface area contributed by atoms with Crippen LogP contribution in [0.25, 0.3) is 0 Å². The van der Waals surface area contributed by atoms with Crippen LogP contribution in [0.4, 0.5) is 4.79 Å². The van der Waals surface area contributed by atoms with E-state index in [0.717, 1.165) is 0 Å². The minimum Gasteiger partial charge on any atom is -0.486 e. The number of piperazine rings is 1. The molecule has 3 rings (SSSR count). The van der Waals surface area contributed by atoms with Crippen molar-refractivity contribution in [3.05, 3.63) is 23.8 Å². The molecule has 0 spiro atoms. The molecule has 1 aromatic carbocycles. The molecule has 0 radical (unpaired) electrons. The topological polar surface area (TPSA) is 106 Å². The summed E-state index contributed by atoms with van der Waals surface area (Å²) in [7, 11) is 0. The Bertz CT molecular complexity index is 787. The Morgan fingerprint density at radius 2 is 1.79 bits per heavy atom. The van der Waals surface area contributed by atoms with Gasteiger partial charge in [0.25, 0.3) is 5.91 Å². The highest BCUT2D eigenvalue weighted by atomic mass is 16.6. The molecular weight excluding hydrogens is 368 g/mol. The first-order chi connectivity index (χ1) is 13.2. The van der Waals surface area contributed by atoms with E-state index in [0.29, 0.717) is 30.3 Å². The zero-order chi connectivity index (χ0) is 20.5. The molecule has 28 heavy (non-hydrogen) atoms. The molecule has 9 heteroatoms. The van der Waals surface area contributed by atoms with Gasteiger partial charge < -0.3 is 29.1 Å². The average molecular weight is 392 g/mol. The summed E-state index contributed by atoms with van der Waals surface area (Å²) >= 11 is 0. The van der Waals surface area contributed by atoms with Crippen LogP contribution in [0.15, 0.2) is 18.2 Å². The molecule has 1 aromatic rings. The predicted octanol–water partition coefficient (Wildman–Crippen LogP) is 1.60. The number of fused-ring (bicyclic) bond motifs is 1. The summed E-state index contributed by atoms with van der Waals surface area (Å²) in [6.07, 6.45) is -0.592. The quantitative estimate of drug-likeness (QED) is 0.815. The highest BCUT2D eigenvalue weighted by Gasteiger charge is 2.38. The standard InChI is InChI=1S/C19H24N2O7/c1-19(2,3)28-18(25)20-6-7-21(13(11-20)17(23)24)16(22)12-4-5-14-15(10-12)27-9-8-26-14/h4-5,10,13H,6-9,11H2,1-3H3,(H,23,24)/t13-/m0/s1. The molecule has 2 amide bonds. The lowest BCUT2D eigenvalue weighted by molar-refractivity contribution is -0.144. The van der Waals surface area contributed by atoms with Gasteiger partial charge in [0.1, 0.15) is 24.9 Å². The monoisotopic (exact) mass is 392 g/mol. The van der Waals surface area contributed by atoms with Crippen molar-refractivity contribution in [2.45, 2.75) is 32.4 Å². The van der Waals surface area contributed by atoms with E-state index >= 15 is 0 Å². The van der Waals surface area contributed by atoms with E-state index in [1.807, 2.05) is 0 Å². The van der Waals surface area contributed by atoms with Gasteiger partial charge in [-0.05, 0) is 39.0 Å². The first-order valence-electron chi connectivity index (χ1n) is 9.07. The molecule has 1 saturated heterocycles. The lowest BCUT2D eigenvalue weighted by atomic mass is 10.1. The number of rotatable bonds is 2. The van der Waals surface area contributed by atoms with Crippen LogP contribution < -0.4 is 9.47 Å². The molecule has 2 aliphatic heterocycles. The summed E-state index contributed by atoms with van der Waals surface area (Å²) in [6, 6.07) is 3.60. The third kappa shape index (κ3) is 4.29. The molecule has 2 aliphatic rings. The lowest BCUT2D eigenvalue weighted by Gasteiger charge is -2.39. The van der Waals surface area contributed by atoms with Crippen molar-refractivity contribution in [1.82, 2.24) is 9.80 Å². The third-order valence-electron chi connectivity index (χ3n) is 4.37. The Hall–Kier alpha value is -2.97. The van der Waals surface area contributed by atoms with Gasteiger partial charge in [0.05, 0.1) is 6.54 Å². The van der Waals surface area contributed by atoms with Gasteiger partial charge >= 0.3 is 12.1 Å². The second-order valence-corrected chi connectivity index (χ2v) is 7.64. The fourth-order valence-corrected chi connectivity index (χ4v) is 3.07. The molecule has 152 valence electrons. The zero-order valence-electron chi connectivity index (χ0n) is 16.1. The summed E-state index contributed by atoms with van der Waals surface area (Å²) in [5.41, 5.74) is -0.380. The summed E-state index contributed by atoms with van der Waals surface area (Å²) in [4.78, 5) is 39.5. The van der Waals surface area contributed by atoms with E-state index in [4.69, 9.17) is 14.2 Å². The maximum absolute atomic E-state index is 12.9. The van der Waals surface area contributed by atoms with Gasteiger partial charge in [-0.15, -0.1) is 0 Å². The molecule has 1 N–H and O–H groups in total. The van der Waals surface area contributed by atoms with Crippen LogP contribution in [0.2, 0.25) is 0 Å². The molecule has 1 atom stereocenters. The fourth-order valence-electron chi connectivity index (χ4n) is 3.07. The second-order valence-electron chi connectivity index (χ2n) is 7.64. The lowest BCUT2D eigenvalue weighted by Crippen LogP contribution is -2.59. The second kappa shape index (κ2) is 7.57. The van der Waals surface area contributed by atoms with Gasteiger partial charge in [-0.2, -0.15) is 0 Å². The van der Waals surface area contributed by atoms with Gasteiger partial charge in [0.15, 0.2) is 11.5 Å². The average Bonchev–Trinajstić information content (AvgIpc) is 2.65. The summed E-state index contributed by atoms with van der Waals surface area (Å²) in [5, 5.41) is 9.61. The van der Waals surface area contributed by atoms with Gasteiger partial charge in [-0.1, -0.05) is 0 Å². The fraction of sp³-hybridized carbons (Fsp3) is 0.526. The molecule has 2 heterocycles. The van der Waals surface area contributed by atoms with Gasteiger partial charge in [0.2, 0.25) is 0 Å². The van der Waals surface area contributed by atoms with Crippen molar-refractivity contribution in [2.24, 2.45) is 0 Å². The van der Waals surface area contributed by atoms with E-state index in [-0.39, 0.29) is 19.6 Å². The molecule has 0 unspecified atom stereocenters. The summed E-state index contributed by atoms with van der Waals surface area (Å²) in [5.74, 6) is -0.615. The number of ether oxygens (including phenoxy) is 3. The number of benzene rings is 1. The molecule has 0 saturated carbocycles. The molecule has 1 fully saturated rings. The van der Waals surface area contributed by atoms with Gasteiger partial charge in [0, 0.05) is 18.7 Å². The molecule has 0 aromatic heterocycles. The number of amides is 2. The van der Waals surface area contributed by atoms with E-state index in [9.17, 15) is 19.5 Å².